The summed E-state index contributed by atoms with van der Waals surface area (Å²) < 4.78 is 2.99. The van der Waals surface area contributed by atoms with E-state index in [9.17, 15) is 0 Å². The zero-order chi connectivity index (χ0) is 11.3. The molecule has 1 heterocycles. The van der Waals surface area contributed by atoms with Crippen molar-refractivity contribution in [1.29, 1.82) is 0 Å². The van der Waals surface area contributed by atoms with Crippen LogP contribution in [-0.2, 0) is 0 Å². The van der Waals surface area contributed by atoms with Gasteiger partial charge in [0.15, 0.2) is 8.68 Å². The molecule has 1 aromatic heterocycles. The van der Waals surface area contributed by atoms with Gasteiger partial charge in [-0.15, -0.1) is 10.2 Å². The Morgan fingerprint density at radius 1 is 1.07 bits per heavy atom. The largest absolute Gasteiger partial charge is 0.374 e. The number of aromatic nitrogens is 2. The van der Waals surface area contributed by atoms with Gasteiger partial charge in [-0.05, 0) is 23.5 Å². The van der Waals surface area contributed by atoms with Crippen LogP contribution in [0.3, 0.4) is 0 Å². The van der Waals surface area contributed by atoms with E-state index in [1.165, 1.54) is 34.9 Å². The van der Waals surface area contributed by atoms with E-state index in [0.717, 1.165) is 8.68 Å². The Bertz CT molecular complexity index is 330. The molecule has 0 aliphatic heterocycles. The Morgan fingerprint density at radius 3 is 1.80 bits per heavy atom. The standard InChI is InChI=1S/C6H8N4S5/c1-7-3(11)13-5-9-10-6(15-5)14-4(12)8-2/h1-2H3,(H,7,11)(H,8,12). The Hall–Kier alpha value is 0.0400. The third kappa shape index (κ3) is 4.60. The molecule has 2 N–H and O–H groups in total. The van der Waals surface area contributed by atoms with Crippen LogP contribution in [0.25, 0.3) is 0 Å². The van der Waals surface area contributed by atoms with Gasteiger partial charge in [0, 0.05) is 14.1 Å². The lowest BCUT2D eigenvalue weighted by Crippen LogP contribution is -2.10. The van der Waals surface area contributed by atoms with Crippen molar-refractivity contribution >= 4 is 67.9 Å². The van der Waals surface area contributed by atoms with Crippen molar-refractivity contribution in [2.45, 2.75) is 8.68 Å². The summed E-state index contributed by atoms with van der Waals surface area (Å²) in [5, 5.41) is 13.7. The monoisotopic (exact) mass is 296 g/mol. The van der Waals surface area contributed by atoms with Gasteiger partial charge < -0.3 is 10.6 Å². The first-order chi connectivity index (χ1) is 7.15. The molecule has 0 bridgehead atoms. The molecule has 0 saturated heterocycles. The van der Waals surface area contributed by atoms with Gasteiger partial charge in [-0.3, -0.25) is 0 Å². The predicted octanol–water partition coefficient (Wildman–Crippen LogP) is 1.73. The van der Waals surface area contributed by atoms with Crippen molar-refractivity contribution in [2.24, 2.45) is 0 Å². The third-order valence-corrected chi connectivity index (χ3v) is 4.87. The van der Waals surface area contributed by atoms with Gasteiger partial charge >= 0.3 is 0 Å². The fourth-order valence-corrected chi connectivity index (χ4v) is 3.79. The second kappa shape index (κ2) is 6.59. The van der Waals surface area contributed by atoms with E-state index >= 15 is 0 Å². The lowest BCUT2D eigenvalue weighted by Gasteiger charge is -1.96. The molecule has 0 fully saturated rings. The number of hydrogen-bond donors (Lipinski definition) is 2. The number of rotatable bonds is 2. The molecule has 1 aromatic rings. The zero-order valence-corrected chi connectivity index (χ0v) is 12.0. The molecule has 1 rings (SSSR count). The van der Waals surface area contributed by atoms with Crippen LogP contribution in [0.1, 0.15) is 0 Å². The van der Waals surface area contributed by atoms with Gasteiger partial charge in [-0.2, -0.15) is 0 Å². The van der Waals surface area contributed by atoms with Crippen molar-refractivity contribution in [3.8, 4) is 0 Å². The zero-order valence-electron chi connectivity index (χ0n) is 7.94. The molecular weight excluding hydrogens is 288 g/mol. The highest BCUT2D eigenvalue weighted by molar-refractivity contribution is 8.25. The second-order valence-electron chi connectivity index (χ2n) is 2.11. The fraction of sp³-hybridized carbons (Fsp3) is 0.333. The maximum atomic E-state index is 5.00. The van der Waals surface area contributed by atoms with Crippen molar-refractivity contribution in [2.75, 3.05) is 14.1 Å². The van der Waals surface area contributed by atoms with Gasteiger partial charge in [0.1, 0.15) is 8.64 Å². The van der Waals surface area contributed by atoms with Crippen LogP contribution in [-0.4, -0.2) is 32.9 Å². The first kappa shape index (κ1) is 13.1. The van der Waals surface area contributed by atoms with E-state index in [1.54, 1.807) is 14.1 Å². The smallest absolute Gasteiger partial charge is 0.182 e. The topological polar surface area (TPSA) is 49.8 Å². The summed E-state index contributed by atoms with van der Waals surface area (Å²) in [7, 11) is 3.56. The highest BCUT2D eigenvalue weighted by Crippen LogP contribution is 2.29. The van der Waals surface area contributed by atoms with Crippen LogP contribution in [0.4, 0.5) is 0 Å². The highest BCUT2D eigenvalue weighted by Gasteiger charge is 2.08. The minimum absolute atomic E-state index is 0.680. The minimum Gasteiger partial charge on any atom is -0.374 e. The van der Waals surface area contributed by atoms with Crippen LogP contribution in [0.15, 0.2) is 8.68 Å². The van der Waals surface area contributed by atoms with E-state index in [1.807, 2.05) is 0 Å². The Balaban J connectivity index is 2.56. The molecule has 0 unspecified atom stereocenters. The number of thiocarbonyl (C=S) groups is 2. The molecule has 0 radical (unpaired) electrons. The maximum absolute atomic E-state index is 5.00. The fourth-order valence-electron chi connectivity index (χ4n) is 0.540. The maximum Gasteiger partial charge on any atom is 0.182 e. The summed E-state index contributed by atoms with van der Waals surface area (Å²) in [5.41, 5.74) is 0. The average Bonchev–Trinajstić information content (AvgIpc) is 2.65. The molecule has 9 heteroatoms. The first-order valence-corrected chi connectivity index (χ1v) is 7.05. The molecule has 0 aliphatic carbocycles. The summed E-state index contributed by atoms with van der Waals surface area (Å²) in [6.07, 6.45) is 0. The molecule has 0 amide bonds. The Kier molecular flexibility index (Phi) is 5.75. The minimum atomic E-state index is 0.680. The van der Waals surface area contributed by atoms with Crippen molar-refractivity contribution in [3.05, 3.63) is 0 Å². The molecule has 0 saturated carbocycles. The van der Waals surface area contributed by atoms with E-state index < -0.39 is 0 Å². The predicted molar refractivity (Wildman–Crippen MR) is 74.9 cm³/mol. The molecule has 0 spiro atoms. The molecule has 82 valence electrons. The summed E-state index contributed by atoms with van der Waals surface area (Å²) in [6.45, 7) is 0. The van der Waals surface area contributed by atoms with Crippen molar-refractivity contribution in [1.82, 2.24) is 20.8 Å². The van der Waals surface area contributed by atoms with E-state index in [-0.39, 0.29) is 0 Å². The normalized spacial score (nSPS) is 9.73. The van der Waals surface area contributed by atoms with Gasteiger partial charge in [0.05, 0.1) is 0 Å². The number of hydrogen-bond acceptors (Lipinski definition) is 7. The number of nitrogens with one attached hydrogen (secondary N) is 2. The van der Waals surface area contributed by atoms with E-state index in [2.05, 4.69) is 20.8 Å². The van der Waals surface area contributed by atoms with Crippen LogP contribution in [0, 0.1) is 0 Å². The number of thioether (sulfide) groups is 2. The summed E-state index contributed by atoms with van der Waals surface area (Å²) in [5.74, 6) is 0. The lowest BCUT2D eigenvalue weighted by molar-refractivity contribution is 0.958. The van der Waals surface area contributed by atoms with E-state index in [0.29, 0.717) is 8.64 Å². The van der Waals surface area contributed by atoms with Gasteiger partial charge in [-0.25, -0.2) is 0 Å². The Morgan fingerprint density at radius 2 is 1.47 bits per heavy atom. The van der Waals surface area contributed by atoms with Gasteiger partial charge in [0.2, 0.25) is 0 Å². The Labute approximate surface area is 111 Å². The van der Waals surface area contributed by atoms with Crippen molar-refractivity contribution < 1.29 is 0 Å². The molecule has 15 heavy (non-hydrogen) atoms. The van der Waals surface area contributed by atoms with Crippen LogP contribution in [0.5, 0.6) is 0 Å². The SMILES string of the molecule is CNC(=S)Sc1nnc(SC(=S)NC)s1. The highest BCUT2D eigenvalue weighted by atomic mass is 32.2. The van der Waals surface area contributed by atoms with Crippen LogP contribution < -0.4 is 10.6 Å². The molecule has 0 aromatic carbocycles. The van der Waals surface area contributed by atoms with Gasteiger partial charge in [-0.1, -0.05) is 35.8 Å². The quantitative estimate of drug-likeness (QED) is 0.632. The molecule has 0 atom stereocenters. The van der Waals surface area contributed by atoms with Crippen LogP contribution >= 0.6 is 59.3 Å². The summed E-state index contributed by atoms with van der Waals surface area (Å²) in [4.78, 5) is 0. The van der Waals surface area contributed by atoms with Crippen LogP contribution in [0.2, 0.25) is 0 Å². The average molecular weight is 296 g/mol. The second-order valence-corrected chi connectivity index (χ2v) is 6.94. The van der Waals surface area contributed by atoms with Gasteiger partial charge in [0.25, 0.3) is 0 Å². The summed E-state index contributed by atoms with van der Waals surface area (Å²) >= 11 is 14.2. The molecule has 4 nitrogen and oxygen atoms in total. The first-order valence-electron chi connectivity index (χ1n) is 3.78. The van der Waals surface area contributed by atoms with Crippen molar-refractivity contribution in [3.63, 3.8) is 0 Å². The van der Waals surface area contributed by atoms with E-state index in [4.69, 9.17) is 24.4 Å². The lowest BCUT2D eigenvalue weighted by atomic mass is 11.2. The molecular formula is C6H8N4S5. The number of nitrogens with zero attached hydrogens (tertiary/aromatic N) is 2. The third-order valence-electron chi connectivity index (χ3n) is 1.16. The summed E-state index contributed by atoms with van der Waals surface area (Å²) in [6, 6.07) is 0. The molecule has 0 aliphatic rings.